The smallest absolute Gasteiger partial charge is 0.0668 e. The van der Waals surface area contributed by atoms with Crippen LogP contribution >= 0.6 is 0 Å². The molecule has 0 aromatic carbocycles. The number of nitrogens with zero attached hydrogens (tertiary/aromatic N) is 2. The highest BCUT2D eigenvalue weighted by atomic mass is 15.1. The predicted octanol–water partition coefficient (Wildman–Crippen LogP) is 0.930. The molecule has 13 heavy (non-hydrogen) atoms. The monoisotopic (exact) mass is 174 g/mol. The van der Waals surface area contributed by atoms with Crippen molar-refractivity contribution in [3.05, 3.63) is 36.3 Å². The molecule has 4 nitrogen and oxygen atoms in total. The van der Waals surface area contributed by atoms with E-state index in [0.717, 1.165) is 16.8 Å². The number of nitrogens with two attached hydrogens (primary N) is 1. The number of H-pyrrole nitrogens is 1. The summed E-state index contributed by atoms with van der Waals surface area (Å²) in [6, 6.07) is 3.81. The Labute approximate surface area is 75.8 Å². The van der Waals surface area contributed by atoms with Crippen molar-refractivity contribution in [2.45, 2.75) is 6.54 Å². The summed E-state index contributed by atoms with van der Waals surface area (Å²) in [4.78, 5) is 4.05. The molecule has 0 aliphatic rings. The number of nitrogens with one attached hydrogen (secondary N) is 1. The van der Waals surface area contributed by atoms with E-state index >= 15 is 0 Å². The molecule has 0 atom stereocenters. The van der Waals surface area contributed by atoms with Gasteiger partial charge in [0.2, 0.25) is 0 Å². The van der Waals surface area contributed by atoms with Crippen molar-refractivity contribution in [1.29, 1.82) is 0 Å². The molecular weight excluding hydrogens is 164 g/mol. The van der Waals surface area contributed by atoms with Gasteiger partial charge in [-0.15, -0.1) is 0 Å². The van der Waals surface area contributed by atoms with Crippen LogP contribution in [0, 0.1) is 0 Å². The second kappa shape index (κ2) is 3.37. The van der Waals surface area contributed by atoms with Crippen LogP contribution in [0.3, 0.4) is 0 Å². The Morgan fingerprint density at radius 1 is 1.31 bits per heavy atom. The van der Waals surface area contributed by atoms with Crippen LogP contribution in [0.5, 0.6) is 0 Å². The fourth-order valence-electron chi connectivity index (χ4n) is 1.25. The lowest BCUT2D eigenvalue weighted by Gasteiger charge is -2.03. The summed E-state index contributed by atoms with van der Waals surface area (Å²) in [5.74, 6) is 0. The molecule has 2 aromatic rings. The minimum absolute atomic E-state index is 0.511. The molecular formula is C9H10N4. The molecule has 0 radical (unpaired) electrons. The maximum absolute atomic E-state index is 5.59. The molecule has 0 saturated heterocycles. The number of hydrogen-bond donors (Lipinski definition) is 2. The van der Waals surface area contributed by atoms with Crippen molar-refractivity contribution in [3.8, 4) is 11.3 Å². The van der Waals surface area contributed by atoms with E-state index in [4.69, 9.17) is 5.73 Å². The van der Waals surface area contributed by atoms with Gasteiger partial charge in [0.15, 0.2) is 0 Å². The van der Waals surface area contributed by atoms with Gasteiger partial charge in [-0.05, 0) is 17.7 Å². The Hall–Kier alpha value is -1.68. The third-order valence-corrected chi connectivity index (χ3v) is 1.92. The number of hydrogen-bond acceptors (Lipinski definition) is 3. The first-order chi connectivity index (χ1) is 6.42. The first-order valence-electron chi connectivity index (χ1n) is 4.04. The van der Waals surface area contributed by atoms with Crippen LogP contribution in [-0.4, -0.2) is 15.2 Å². The molecule has 66 valence electrons. The Balaban J connectivity index is 2.51. The summed E-state index contributed by atoms with van der Waals surface area (Å²) in [5.41, 5.74) is 8.63. The van der Waals surface area contributed by atoms with Crippen LogP contribution in [-0.2, 0) is 6.54 Å². The topological polar surface area (TPSA) is 67.6 Å². The largest absolute Gasteiger partial charge is 0.326 e. The first kappa shape index (κ1) is 7.94. The highest BCUT2D eigenvalue weighted by molar-refractivity contribution is 5.61. The standard InChI is InChI=1S/C9H10N4/c10-5-7-1-3-11-6-8(7)9-2-4-12-13-9/h1-4,6H,5,10H2,(H,12,13). The van der Waals surface area contributed by atoms with Crippen LogP contribution in [0.15, 0.2) is 30.7 Å². The number of pyridine rings is 1. The van der Waals surface area contributed by atoms with Gasteiger partial charge in [0.25, 0.3) is 0 Å². The molecule has 0 fully saturated rings. The maximum atomic E-state index is 5.59. The zero-order valence-corrected chi connectivity index (χ0v) is 7.07. The normalized spacial score (nSPS) is 10.2. The van der Waals surface area contributed by atoms with Crippen molar-refractivity contribution in [2.75, 3.05) is 0 Å². The summed E-state index contributed by atoms with van der Waals surface area (Å²) in [5, 5.41) is 6.76. The summed E-state index contributed by atoms with van der Waals surface area (Å²) < 4.78 is 0. The van der Waals surface area contributed by atoms with E-state index in [2.05, 4.69) is 15.2 Å². The van der Waals surface area contributed by atoms with Crippen LogP contribution < -0.4 is 5.73 Å². The van der Waals surface area contributed by atoms with E-state index in [0.29, 0.717) is 6.54 Å². The number of aromatic amines is 1. The molecule has 3 N–H and O–H groups in total. The van der Waals surface area contributed by atoms with E-state index in [1.165, 1.54) is 0 Å². The van der Waals surface area contributed by atoms with Gasteiger partial charge >= 0.3 is 0 Å². The molecule has 0 aliphatic heterocycles. The summed E-state index contributed by atoms with van der Waals surface area (Å²) in [7, 11) is 0. The lowest BCUT2D eigenvalue weighted by atomic mass is 10.1. The Bertz CT molecular complexity index is 380. The van der Waals surface area contributed by atoms with Gasteiger partial charge in [-0.1, -0.05) is 0 Å². The van der Waals surface area contributed by atoms with Crippen LogP contribution in [0.1, 0.15) is 5.56 Å². The second-order valence-electron chi connectivity index (χ2n) is 2.71. The fourth-order valence-corrected chi connectivity index (χ4v) is 1.25. The van der Waals surface area contributed by atoms with Crippen molar-refractivity contribution in [2.24, 2.45) is 5.73 Å². The predicted molar refractivity (Wildman–Crippen MR) is 49.7 cm³/mol. The second-order valence-corrected chi connectivity index (χ2v) is 2.71. The average molecular weight is 174 g/mol. The van der Waals surface area contributed by atoms with Gasteiger partial charge in [0, 0.05) is 30.7 Å². The third kappa shape index (κ3) is 1.43. The van der Waals surface area contributed by atoms with Gasteiger partial charge < -0.3 is 5.73 Å². The molecule has 0 spiro atoms. The highest BCUT2D eigenvalue weighted by Crippen LogP contribution is 2.18. The van der Waals surface area contributed by atoms with Crippen molar-refractivity contribution in [1.82, 2.24) is 15.2 Å². The Morgan fingerprint density at radius 3 is 2.92 bits per heavy atom. The number of aromatic nitrogens is 3. The third-order valence-electron chi connectivity index (χ3n) is 1.92. The van der Waals surface area contributed by atoms with E-state index in [1.807, 2.05) is 12.1 Å². The fraction of sp³-hybridized carbons (Fsp3) is 0.111. The van der Waals surface area contributed by atoms with Crippen molar-refractivity contribution < 1.29 is 0 Å². The lowest BCUT2D eigenvalue weighted by Crippen LogP contribution is -1.99. The summed E-state index contributed by atoms with van der Waals surface area (Å²) in [6.45, 7) is 0.511. The molecule has 2 heterocycles. The molecule has 4 heteroatoms. The van der Waals surface area contributed by atoms with Crippen molar-refractivity contribution >= 4 is 0 Å². The van der Waals surface area contributed by atoms with Crippen LogP contribution in [0.25, 0.3) is 11.3 Å². The first-order valence-corrected chi connectivity index (χ1v) is 4.04. The molecule has 0 saturated carbocycles. The molecule has 2 aromatic heterocycles. The molecule has 0 bridgehead atoms. The minimum atomic E-state index is 0.511. The lowest BCUT2D eigenvalue weighted by molar-refractivity contribution is 1.04. The summed E-state index contributed by atoms with van der Waals surface area (Å²) >= 11 is 0. The summed E-state index contributed by atoms with van der Waals surface area (Å²) in [6.07, 6.45) is 5.24. The quantitative estimate of drug-likeness (QED) is 0.711. The van der Waals surface area contributed by atoms with E-state index in [-0.39, 0.29) is 0 Å². The van der Waals surface area contributed by atoms with Crippen molar-refractivity contribution in [3.63, 3.8) is 0 Å². The Kier molecular flexibility index (Phi) is 2.06. The highest BCUT2D eigenvalue weighted by Gasteiger charge is 2.03. The van der Waals surface area contributed by atoms with Gasteiger partial charge in [-0.25, -0.2) is 0 Å². The van der Waals surface area contributed by atoms with E-state index in [1.54, 1.807) is 18.6 Å². The van der Waals surface area contributed by atoms with Gasteiger partial charge in [-0.3, -0.25) is 10.1 Å². The zero-order valence-electron chi connectivity index (χ0n) is 7.07. The zero-order chi connectivity index (χ0) is 9.10. The van der Waals surface area contributed by atoms with E-state index < -0.39 is 0 Å². The minimum Gasteiger partial charge on any atom is -0.326 e. The van der Waals surface area contributed by atoms with Gasteiger partial charge in [0.05, 0.1) is 5.69 Å². The van der Waals surface area contributed by atoms with Crippen LogP contribution in [0.2, 0.25) is 0 Å². The van der Waals surface area contributed by atoms with Crippen LogP contribution in [0.4, 0.5) is 0 Å². The SMILES string of the molecule is NCc1ccncc1-c1ccn[nH]1. The molecule has 0 amide bonds. The average Bonchev–Trinajstić information content (AvgIpc) is 2.70. The van der Waals surface area contributed by atoms with Gasteiger partial charge in [-0.2, -0.15) is 5.10 Å². The van der Waals surface area contributed by atoms with E-state index in [9.17, 15) is 0 Å². The maximum Gasteiger partial charge on any atom is 0.0668 e. The number of rotatable bonds is 2. The van der Waals surface area contributed by atoms with Gasteiger partial charge in [0.1, 0.15) is 0 Å². The Morgan fingerprint density at radius 2 is 2.23 bits per heavy atom. The molecule has 0 unspecified atom stereocenters. The molecule has 2 rings (SSSR count). The molecule has 0 aliphatic carbocycles.